The normalized spacial score (nSPS) is 14.7. The Balaban J connectivity index is 1.64. The minimum Gasteiger partial charge on any atom is -0.349 e. The predicted octanol–water partition coefficient (Wildman–Crippen LogP) is 4.21. The van der Waals surface area contributed by atoms with Gasteiger partial charge in [-0.05, 0) is 41.5 Å². The van der Waals surface area contributed by atoms with Crippen LogP contribution in [0, 0.1) is 0 Å². The quantitative estimate of drug-likeness (QED) is 0.742. The molecule has 0 radical (unpaired) electrons. The monoisotopic (exact) mass is 362 g/mol. The number of carbonyl (C=O) groups is 1. The molecule has 7 heteroatoms. The van der Waals surface area contributed by atoms with Crippen LogP contribution in [0.25, 0.3) is 10.2 Å². The Labute approximate surface area is 145 Å². The van der Waals surface area contributed by atoms with Crippen LogP contribution in [0.1, 0.15) is 27.2 Å². The highest BCUT2D eigenvalue weighted by molar-refractivity contribution is 7.17. The molecular weight excluding hydrogens is 349 g/mol. The number of fused-ring (bicyclic) bond motifs is 2. The Morgan fingerprint density at radius 1 is 1.16 bits per heavy atom. The van der Waals surface area contributed by atoms with Crippen molar-refractivity contribution in [3.63, 3.8) is 0 Å². The molecule has 1 N–H and O–H groups in total. The summed E-state index contributed by atoms with van der Waals surface area (Å²) < 4.78 is 40.6. The van der Waals surface area contributed by atoms with E-state index in [4.69, 9.17) is 0 Å². The van der Waals surface area contributed by atoms with E-state index in [0.717, 1.165) is 11.1 Å². The van der Waals surface area contributed by atoms with Crippen LogP contribution >= 0.6 is 11.3 Å². The average Bonchev–Trinajstić information content (AvgIpc) is 3.17. The summed E-state index contributed by atoms with van der Waals surface area (Å²) in [6, 6.07) is 10.4. The van der Waals surface area contributed by atoms with Gasteiger partial charge in [-0.15, -0.1) is 11.3 Å². The molecule has 128 valence electrons. The van der Waals surface area contributed by atoms with Crippen molar-refractivity contribution in [2.45, 2.75) is 25.1 Å². The fourth-order valence-corrected chi connectivity index (χ4v) is 3.97. The Bertz CT molecular complexity index is 939. The number of alkyl halides is 3. The minimum absolute atomic E-state index is 0.204. The summed E-state index contributed by atoms with van der Waals surface area (Å²) in [5, 5.41) is 4.40. The number of pyridine rings is 1. The SMILES string of the molecule is O=C(NC1Cc2ccccc2C1)c1cc2sccc2nc1C(F)(F)F. The van der Waals surface area contributed by atoms with Crippen LogP contribution in [0.4, 0.5) is 13.2 Å². The molecule has 3 nitrogen and oxygen atoms in total. The van der Waals surface area contributed by atoms with Gasteiger partial charge in [0.25, 0.3) is 5.91 Å². The molecule has 2 heterocycles. The Kier molecular flexibility index (Phi) is 3.76. The predicted molar refractivity (Wildman–Crippen MR) is 89.7 cm³/mol. The second-order valence-electron chi connectivity index (χ2n) is 6.03. The number of aromatic nitrogens is 1. The van der Waals surface area contributed by atoms with Crippen molar-refractivity contribution in [3.8, 4) is 0 Å². The smallest absolute Gasteiger partial charge is 0.349 e. The third-order valence-corrected chi connectivity index (χ3v) is 5.19. The lowest BCUT2D eigenvalue weighted by atomic mass is 10.1. The highest BCUT2D eigenvalue weighted by Crippen LogP contribution is 2.34. The fourth-order valence-electron chi connectivity index (χ4n) is 3.21. The van der Waals surface area contributed by atoms with Crippen molar-refractivity contribution in [1.29, 1.82) is 0 Å². The standard InChI is InChI=1S/C18H13F3N2OS/c19-18(20,21)16-13(9-15-14(23-16)5-6-25-15)17(24)22-12-7-10-3-1-2-4-11(10)8-12/h1-6,9,12H,7-8H2,(H,22,24). The molecule has 1 aliphatic rings. The molecule has 0 fully saturated rings. The number of carbonyl (C=O) groups excluding carboxylic acids is 1. The van der Waals surface area contributed by atoms with E-state index in [1.807, 2.05) is 24.3 Å². The molecule has 0 saturated heterocycles. The molecule has 4 rings (SSSR count). The molecule has 25 heavy (non-hydrogen) atoms. The van der Waals surface area contributed by atoms with E-state index in [-0.39, 0.29) is 11.6 Å². The largest absolute Gasteiger partial charge is 0.434 e. The van der Waals surface area contributed by atoms with Gasteiger partial charge in [0.1, 0.15) is 0 Å². The van der Waals surface area contributed by atoms with Gasteiger partial charge >= 0.3 is 6.18 Å². The Morgan fingerprint density at radius 2 is 1.84 bits per heavy atom. The number of thiophene rings is 1. The van der Waals surface area contributed by atoms with Crippen molar-refractivity contribution < 1.29 is 18.0 Å². The molecule has 0 atom stereocenters. The van der Waals surface area contributed by atoms with E-state index in [1.165, 1.54) is 23.5 Å². The van der Waals surface area contributed by atoms with Gasteiger partial charge in [-0.3, -0.25) is 4.79 Å². The van der Waals surface area contributed by atoms with Crippen molar-refractivity contribution in [2.24, 2.45) is 0 Å². The van der Waals surface area contributed by atoms with Gasteiger partial charge in [-0.1, -0.05) is 24.3 Å². The van der Waals surface area contributed by atoms with Crippen LogP contribution in [0.15, 0.2) is 41.8 Å². The second kappa shape index (κ2) is 5.84. The first kappa shape index (κ1) is 16.1. The van der Waals surface area contributed by atoms with Gasteiger partial charge in [0.05, 0.1) is 15.8 Å². The zero-order valence-corrected chi connectivity index (χ0v) is 13.7. The van der Waals surface area contributed by atoms with E-state index in [1.54, 1.807) is 5.38 Å². The number of amides is 1. The maximum absolute atomic E-state index is 13.3. The molecule has 0 spiro atoms. The summed E-state index contributed by atoms with van der Waals surface area (Å²) >= 11 is 1.26. The second-order valence-corrected chi connectivity index (χ2v) is 6.98. The number of halogens is 3. The van der Waals surface area contributed by atoms with E-state index < -0.39 is 23.3 Å². The topological polar surface area (TPSA) is 42.0 Å². The third-order valence-electron chi connectivity index (χ3n) is 4.34. The van der Waals surface area contributed by atoms with Gasteiger partial charge in [0.15, 0.2) is 5.69 Å². The molecule has 0 aliphatic heterocycles. The number of benzene rings is 1. The maximum atomic E-state index is 13.3. The summed E-state index contributed by atoms with van der Waals surface area (Å²) in [4.78, 5) is 16.2. The van der Waals surface area contributed by atoms with E-state index in [0.29, 0.717) is 17.5 Å². The third kappa shape index (κ3) is 3.00. The van der Waals surface area contributed by atoms with Crippen molar-refractivity contribution >= 4 is 27.5 Å². The number of nitrogens with zero attached hydrogens (tertiary/aromatic N) is 1. The summed E-state index contributed by atoms with van der Waals surface area (Å²) in [5.74, 6) is -0.729. The molecular formula is C18H13F3N2OS. The molecule has 0 unspecified atom stereocenters. The Hall–Kier alpha value is -2.41. The minimum atomic E-state index is -4.68. The van der Waals surface area contributed by atoms with Crippen LogP contribution < -0.4 is 5.32 Å². The van der Waals surface area contributed by atoms with Crippen LogP contribution in [0.3, 0.4) is 0 Å². The summed E-state index contributed by atoms with van der Waals surface area (Å²) in [6.45, 7) is 0. The van der Waals surface area contributed by atoms with E-state index in [2.05, 4.69) is 10.3 Å². The lowest BCUT2D eigenvalue weighted by Gasteiger charge is -2.15. The first-order chi connectivity index (χ1) is 11.9. The van der Waals surface area contributed by atoms with Crippen LogP contribution in [-0.4, -0.2) is 16.9 Å². The molecule has 1 amide bonds. The maximum Gasteiger partial charge on any atom is 0.434 e. The summed E-state index contributed by atoms with van der Waals surface area (Å²) in [7, 11) is 0. The first-order valence-electron chi connectivity index (χ1n) is 7.75. The molecule has 1 aliphatic carbocycles. The van der Waals surface area contributed by atoms with Crippen molar-refractivity contribution in [3.05, 3.63) is 64.2 Å². The van der Waals surface area contributed by atoms with Gasteiger partial charge in [0.2, 0.25) is 0 Å². The lowest BCUT2D eigenvalue weighted by Crippen LogP contribution is -2.36. The number of rotatable bonds is 2. The highest BCUT2D eigenvalue weighted by atomic mass is 32.1. The highest BCUT2D eigenvalue weighted by Gasteiger charge is 2.38. The average molecular weight is 362 g/mol. The molecule has 2 aromatic heterocycles. The van der Waals surface area contributed by atoms with Crippen molar-refractivity contribution in [2.75, 3.05) is 0 Å². The zero-order chi connectivity index (χ0) is 17.6. The van der Waals surface area contributed by atoms with Gasteiger partial charge < -0.3 is 5.32 Å². The van der Waals surface area contributed by atoms with Gasteiger partial charge in [0, 0.05) is 6.04 Å². The molecule has 0 saturated carbocycles. The number of hydrogen-bond donors (Lipinski definition) is 1. The molecule has 0 bridgehead atoms. The van der Waals surface area contributed by atoms with E-state index >= 15 is 0 Å². The van der Waals surface area contributed by atoms with Gasteiger partial charge in [-0.2, -0.15) is 13.2 Å². The number of hydrogen-bond acceptors (Lipinski definition) is 3. The van der Waals surface area contributed by atoms with Gasteiger partial charge in [-0.25, -0.2) is 4.98 Å². The van der Waals surface area contributed by atoms with Crippen LogP contribution in [0.2, 0.25) is 0 Å². The lowest BCUT2D eigenvalue weighted by molar-refractivity contribution is -0.141. The zero-order valence-electron chi connectivity index (χ0n) is 12.9. The first-order valence-corrected chi connectivity index (χ1v) is 8.63. The van der Waals surface area contributed by atoms with Crippen LogP contribution in [-0.2, 0) is 19.0 Å². The number of nitrogens with one attached hydrogen (secondary N) is 1. The van der Waals surface area contributed by atoms with E-state index in [9.17, 15) is 18.0 Å². The Morgan fingerprint density at radius 3 is 2.48 bits per heavy atom. The fraction of sp³-hybridized carbons (Fsp3) is 0.222. The summed E-state index contributed by atoms with van der Waals surface area (Å²) in [6.07, 6.45) is -3.43. The van der Waals surface area contributed by atoms with Crippen LogP contribution in [0.5, 0.6) is 0 Å². The summed E-state index contributed by atoms with van der Waals surface area (Å²) in [5.41, 5.74) is 0.943. The molecule has 1 aromatic carbocycles. The molecule has 3 aromatic rings. The van der Waals surface area contributed by atoms with Crippen molar-refractivity contribution in [1.82, 2.24) is 10.3 Å².